The molecule has 0 spiro atoms. The van der Waals surface area contributed by atoms with Crippen molar-refractivity contribution in [3.05, 3.63) is 191 Å². The Bertz CT molecular complexity index is 2570. The summed E-state index contributed by atoms with van der Waals surface area (Å²) in [4.78, 5) is 19.4. The first-order valence-corrected chi connectivity index (χ1v) is 17.0. The molecule has 0 aliphatic rings. The molecule has 0 N–H and O–H groups in total. The van der Waals surface area contributed by atoms with Crippen LogP contribution >= 0.6 is 0 Å². The van der Waals surface area contributed by atoms with Gasteiger partial charge in [-0.3, -0.25) is 0 Å². The van der Waals surface area contributed by atoms with Crippen molar-refractivity contribution in [2.45, 2.75) is 12.4 Å². The molecular formula is C44H24F8N4. The van der Waals surface area contributed by atoms with E-state index in [1.165, 1.54) is 72.8 Å². The molecule has 12 heteroatoms. The first-order chi connectivity index (χ1) is 26.8. The summed E-state index contributed by atoms with van der Waals surface area (Å²) < 4.78 is 110. The lowest BCUT2D eigenvalue weighted by Gasteiger charge is -2.20. The van der Waals surface area contributed by atoms with Crippen molar-refractivity contribution in [2.24, 2.45) is 0 Å². The maximum absolute atomic E-state index is 14.6. The lowest BCUT2D eigenvalue weighted by Crippen LogP contribution is -2.07. The van der Waals surface area contributed by atoms with Gasteiger partial charge in [0.05, 0.1) is 33.5 Å². The van der Waals surface area contributed by atoms with Crippen LogP contribution in [0.2, 0.25) is 0 Å². The molecule has 0 aliphatic carbocycles. The summed E-state index contributed by atoms with van der Waals surface area (Å²) in [6.07, 6.45) is -9.15. The smallest absolute Gasteiger partial charge is 0.228 e. The SMILES string of the molecule is Fc1ccc(/C(=C(\c2ccc(F)cc2)c2nc(-c3ccc(C(F)(F)F)cc3)nc3ccccc23)c2nc(-c3ccc(C(F)(F)F)cc3)nc3ccccc23)cc1. The van der Waals surface area contributed by atoms with E-state index in [9.17, 15) is 35.1 Å². The maximum Gasteiger partial charge on any atom is 0.416 e. The first-order valence-electron chi connectivity index (χ1n) is 17.0. The van der Waals surface area contributed by atoms with Crippen molar-refractivity contribution in [3.8, 4) is 22.8 Å². The van der Waals surface area contributed by atoms with Gasteiger partial charge in [0, 0.05) is 33.0 Å². The molecule has 276 valence electrons. The molecule has 0 saturated carbocycles. The standard InChI is InChI=1S/C44H24F8N4/c45-31-21-13-25(14-22-31)37(39-33-5-1-3-7-35(33)53-41(55-39)27-9-17-29(18-10-27)43(47,48)49)38(26-15-23-32(46)24-16-26)40-34-6-2-4-8-36(34)54-42(56-40)28-11-19-30(20-12-28)44(50,51)52/h1-24H/b38-37-. The van der Waals surface area contributed by atoms with Gasteiger partial charge in [0.15, 0.2) is 11.6 Å². The molecule has 0 radical (unpaired) electrons. The van der Waals surface area contributed by atoms with Gasteiger partial charge >= 0.3 is 12.4 Å². The van der Waals surface area contributed by atoms with E-state index < -0.39 is 35.1 Å². The minimum Gasteiger partial charge on any atom is -0.228 e. The van der Waals surface area contributed by atoms with Crippen LogP contribution in [-0.2, 0) is 12.4 Å². The molecular weight excluding hydrogens is 736 g/mol. The quantitative estimate of drug-likeness (QED) is 0.125. The number of aromatic nitrogens is 4. The molecule has 8 aromatic rings. The average molecular weight is 761 g/mol. The minimum atomic E-state index is -4.57. The van der Waals surface area contributed by atoms with Crippen LogP contribution in [0, 0.1) is 11.6 Å². The van der Waals surface area contributed by atoms with Gasteiger partial charge in [0.1, 0.15) is 11.6 Å². The van der Waals surface area contributed by atoms with Crippen LogP contribution < -0.4 is 0 Å². The summed E-state index contributed by atoms with van der Waals surface area (Å²) in [7, 11) is 0. The van der Waals surface area contributed by atoms with Gasteiger partial charge in [-0.15, -0.1) is 0 Å². The van der Waals surface area contributed by atoms with E-state index in [0.717, 1.165) is 24.3 Å². The summed E-state index contributed by atoms with van der Waals surface area (Å²) in [5, 5.41) is 1.03. The monoisotopic (exact) mass is 760 g/mol. The zero-order chi connectivity index (χ0) is 39.2. The van der Waals surface area contributed by atoms with Gasteiger partial charge in [0.2, 0.25) is 0 Å². The minimum absolute atomic E-state index is 0.0866. The van der Waals surface area contributed by atoms with Crippen molar-refractivity contribution in [3.63, 3.8) is 0 Å². The summed E-state index contributed by atoms with van der Waals surface area (Å²) >= 11 is 0. The lowest BCUT2D eigenvalue weighted by molar-refractivity contribution is -0.138. The number of para-hydroxylation sites is 2. The normalized spacial score (nSPS) is 12.6. The highest BCUT2D eigenvalue weighted by Gasteiger charge is 2.31. The van der Waals surface area contributed by atoms with E-state index in [-0.39, 0.29) is 34.2 Å². The van der Waals surface area contributed by atoms with Gasteiger partial charge in [0.25, 0.3) is 0 Å². The Hall–Kier alpha value is -6.82. The third-order valence-corrected chi connectivity index (χ3v) is 9.14. The second kappa shape index (κ2) is 14.1. The highest BCUT2D eigenvalue weighted by molar-refractivity contribution is 6.11. The Morgan fingerprint density at radius 1 is 0.375 bits per heavy atom. The number of benzene rings is 6. The number of alkyl halides is 6. The largest absolute Gasteiger partial charge is 0.416 e. The van der Waals surface area contributed by atoms with E-state index in [4.69, 9.17) is 19.9 Å². The fourth-order valence-corrected chi connectivity index (χ4v) is 6.44. The predicted molar refractivity (Wildman–Crippen MR) is 198 cm³/mol. The van der Waals surface area contributed by atoms with Gasteiger partial charge in [-0.1, -0.05) is 84.9 Å². The fraction of sp³-hybridized carbons (Fsp3) is 0.0455. The molecule has 2 heterocycles. The lowest BCUT2D eigenvalue weighted by atomic mass is 9.87. The highest BCUT2D eigenvalue weighted by atomic mass is 19.4. The first kappa shape index (κ1) is 36.2. The summed E-state index contributed by atoms with van der Waals surface area (Å²) in [5.74, 6) is -0.898. The van der Waals surface area contributed by atoms with Crippen molar-refractivity contribution in [1.82, 2.24) is 19.9 Å². The van der Waals surface area contributed by atoms with Gasteiger partial charge in [-0.05, 0) is 71.8 Å². The molecule has 0 unspecified atom stereocenters. The Morgan fingerprint density at radius 3 is 1.05 bits per heavy atom. The van der Waals surface area contributed by atoms with E-state index in [1.54, 1.807) is 48.5 Å². The number of halogens is 8. The molecule has 0 fully saturated rings. The van der Waals surface area contributed by atoms with Gasteiger partial charge < -0.3 is 0 Å². The molecule has 0 atom stereocenters. The van der Waals surface area contributed by atoms with Crippen molar-refractivity contribution >= 4 is 33.0 Å². The van der Waals surface area contributed by atoms with Gasteiger partial charge in [-0.2, -0.15) is 26.3 Å². The van der Waals surface area contributed by atoms with E-state index in [2.05, 4.69) is 0 Å². The predicted octanol–water partition coefficient (Wildman–Crippen LogP) is 12.2. The van der Waals surface area contributed by atoms with E-state index >= 15 is 0 Å². The van der Waals surface area contributed by atoms with Crippen LogP contribution in [0.3, 0.4) is 0 Å². The molecule has 0 saturated heterocycles. The molecule has 2 aromatic heterocycles. The summed E-state index contributed by atoms with van der Waals surface area (Å²) in [6.45, 7) is 0. The topological polar surface area (TPSA) is 51.6 Å². The van der Waals surface area contributed by atoms with Gasteiger partial charge in [-0.25, -0.2) is 28.7 Å². The highest BCUT2D eigenvalue weighted by Crippen LogP contribution is 2.42. The molecule has 0 amide bonds. The second-order valence-corrected chi connectivity index (χ2v) is 12.7. The zero-order valence-corrected chi connectivity index (χ0v) is 28.7. The molecule has 0 aliphatic heterocycles. The molecule has 8 rings (SSSR count). The van der Waals surface area contributed by atoms with E-state index in [1.807, 2.05) is 0 Å². The Kier molecular flexibility index (Phi) is 9.11. The number of rotatable bonds is 6. The second-order valence-electron chi connectivity index (χ2n) is 12.7. The Morgan fingerprint density at radius 2 is 0.714 bits per heavy atom. The molecule has 56 heavy (non-hydrogen) atoms. The van der Waals surface area contributed by atoms with Crippen LogP contribution in [0.25, 0.3) is 55.7 Å². The molecule has 6 aromatic carbocycles. The Balaban J connectivity index is 1.50. The number of nitrogens with zero attached hydrogens (tertiary/aromatic N) is 4. The van der Waals surface area contributed by atoms with E-state index in [0.29, 0.717) is 44.1 Å². The van der Waals surface area contributed by atoms with Crippen LogP contribution in [-0.4, -0.2) is 19.9 Å². The Labute approximate surface area is 313 Å². The number of hydrogen-bond donors (Lipinski definition) is 0. The molecule has 4 nitrogen and oxygen atoms in total. The van der Waals surface area contributed by atoms with Crippen LogP contribution in [0.4, 0.5) is 35.1 Å². The average Bonchev–Trinajstić information content (AvgIpc) is 3.19. The van der Waals surface area contributed by atoms with Crippen molar-refractivity contribution in [2.75, 3.05) is 0 Å². The van der Waals surface area contributed by atoms with Crippen LogP contribution in [0.15, 0.2) is 146 Å². The number of fused-ring (bicyclic) bond motifs is 2. The third kappa shape index (κ3) is 7.08. The number of hydrogen-bond acceptors (Lipinski definition) is 4. The zero-order valence-electron chi connectivity index (χ0n) is 28.7. The van der Waals surface area contributed by atoms with Crippen molar-refractivity contribution < 1.29 is 35.1 Å². The maximum atomic E-state index is 14.6. The fourth-order valence-electron chi connectivity index (χ4n) is 6.44. The summed E-state index contributed by atoms with van der Waals surface area (Å²) in [6, 6.07) is 33.9. The summed E-state index contributed by atoms with van der Waals surface area (Å²) in [5.41, 5.74) is 1.90. The van der Waals surface area contributed by atoms with Crippen molar-refractivity contribution in [1.29, 1.82) is 0 Å². The van der Waals surface area contributed by atoms with Crippen LogP contribution in [0.1, 0.15) is 33.6 Å². The molecule has 0 bridgehead atoms. The third-order valence-electron chi connectivity index (χ3n) is 9.14. The van der Waals surface area contributed by atoms with Crippen LogP contribution in [0.5, 0.6) is 0 Å².